The Bertz CT molecular complexity index is 931. The second-order valence-electron chi connectivity index (χ2n) is 5.87. The van der Waals surface area contributed by atoms with E-state index in [0.29, 0.717) is 11.4 Å². The highest BCUT2D eigenvalue weighted by molar-refractivity contribution is 5.84. The molecule has 0 unspecified atom stereocenters. The van der Waals surface area contributed by atoms with Gasteiger partial charge < -0.3 is 9.15 Å². The van der Waals surface area contributed by atoms with Crippen molar-refractivity contribution < 1.29 is 27.1 Å². The second kappa shape index (κ2) is 7.56. The molecular weight excluding hydrogens is 363 g/mol. The molecule has 0 aliphatic rings. The normalized spacial score (nSPS) is 11.4. The Morgan fingerprint density at radius 2 is 2.07 bits per heavy atom. The van der Waals surface area contributed by atoms with Gasteiger partial charge in [-0.2, -0.15) is 13.9 Å². The lowest BCUT2D eigenvalue weighted by atomic mass is 10.2. The lowest BCUT2D eigenvalue weighted by molar-refractivity contribution is -0.00636. The molecule has 6 nitrogen and oxygen atoms in total. The minimum absolute atomic E-state index is 0.113. The minimum atomic E-state index is -3.06. The Labute approximate surface area is 152 Å². The van der Waals surface area contributed by atoms with Gasteiger partial charge in [-0.25, -0.2) is 9.18 Å². The third-order valence-corrected chi connectivity index (χ3v) is 3.61. The van der Waals surface area contributed by atoms with Crippen LogP contribution in [0, 0.1) is 5.82 Å². The highest BCUT2D eigenvalue weighted by Gasteiger charge is 2.28. The van der Waals surface area contributed by atoms with Gasteiger partial charge in [0.1, 0.15) is 18.2 Å². The molecule has 0 spiro atoms. The Morgan fingerprint density at radius 3 is 2.78 bits per heavy atom. The number of halogens is 3. The van der Waals surface area contributed by atoms with Crippen LogP contribution < -0.4 is 5.32 Å². The van der Waals surface area contributed by atoms with Gasteiger partial charge in [-0.1, -0.05) is 18.2 Å². The summed E-state index contributed by atoms with van der Waals surface area (Å²) in [6.07, 6.45) is 2.07. The molecule has 2 aromatic heterocycles. The lowest BCUT2D eigenvalue weighted by Crippen LogP contribution is -2.13. The molecule has 3 aromatic rings. The maximum Gasteiger partial charge on any atom is 0.412 e. The first kappa shape index (κ1) is 18.6. The summed E-state index contributed by atoms with van der Waals surface area (Å²) in [6.45, 7) is 0.646. The van der Waals surface area contributed by atoms with Crippen molar-refractivity contribution in [2.45, 2.75) is 26.0 Å². The summed E-state index contributed by atoms with van der Waals surface area (Å²) in [7, 11) is 0. The fraction of sp³-hybridized carbons (Fsp3) is 0.222. The van der Waals surface area contributed by atoms with E-state index >= 15 is 0 Å². The Balaban J connectivity index is 1.54. The van der Waals surface area contributed by atoms with Crippen molar-refractivity contribution in [1.29, 1.82) is 0 Å². The lowest BCUT2D eigenvalue weighted by Gasteiger charge is -2.06. The molecule has 142 valence electrons. The number of ether oxygens (including phenoxy) is 1. The van der Waals surface area contributed by atoms with E-state index in [-0.39, 0.29) is 18.7 Å². The topological polar surface area (TPSA) is 69.3 Å². The first-order valence-corrected chi connectivity index (χ1v) is 7.98. The van der Waals surface area contributed by atoms with Crippen LogP contribution in [0.25, 0.3) is 0 Å². The fourth-order valence-electron chi connectivity index (χ4n) is 2.29. The number of hydrogen-bond donors (Lipinski definition) is 1. The number of alkyl halides is 2. The number of nitrogens with one attached hydrogen (secondary N) is 1. The summed E-state index contributed by atoms with van der Waals surface area (Å²) in [5.41, 5.74) is 0.589. The van der Waals surface area contributed by atoms with Crippen molar-refractivity contribution in [3.8, 4) is 0 Å². The zero-order valence-corrected chi connectivity index (χ0v) is 14.3. The van der Waals surface area contributed by atoms with Gasteiger partial charge in [-0.3, -0.25) is 10.00 Å². The zero-order chi connectivity index (χ0) is 19.4. The first-order chi connectivity index (χ1) is 12.8. The molecule has 27 heavy (non-hydrogen) atoms. The molecule has 0 saturated carbocycles. The molecule has 0 fully saturated rings. The number of nitrogens with zero attached hydrogens (tertiary/aromatic N) is 2. The summed E-state index contributed by atoms with van der Waals surface area (Å²) >= 11 is 0. The molecule has 0 bridgehead atoms. The van der Waals surface area contributed by atoms with Crippen LogP contribution in [0.5, 0.6) is 0 Å². The average Bonchev–Trinajstić information content (AvgIpc) is 3.24. The van der Waals surface area contributed by atoms with E-state index < -0.39 is 23.6 Å². The highest BCUT2D eigenvalue weighted by Crippen LogP contribution is 2.28. The van der Waals surface area contributed by atoms with Gasteiger partial charge in [0.05, 0.1) is 18.4 Å². The summed E-state index contributed by atoms with van der Waals surface area (Å²) in [4.78, 5) is 11.8. The predicted molar refractivity (Wildman–Crippen MR) is 89.8 cm³/mol. The average molecular weight is 379 g/mol. The van der Waals surface area contributed by atoms with Crippen LogP contribution in [0.3, 0.4) is 0 Å². The van der Waals surface area contributed by atoms with Crippen molar-refractivity contribution in [2.24, 2.45) is 0 Å². The van der Waals surface area contributed by atoms with Crippen molar-refractivity contribution in [3.05, 3.63) is 71.7 Å². The SMILES string of the molecule is CC(F)(F)c1ccc(Cn2cc(NC(=O)OCc3ccccc3F)cn2)o1. The van der Waals surface area contributed by atoms with Crippen molar-refractivity contribution in [1.82, 2.24) is 9.78 Å². The minimum Gasteiger partial charge on any atom is -0.458 e. The summed E-state index contributed by atoms with van der Waals surface area (Å²) in [5, 5.41) is 6.46. The molecule has 2 heterocycles. The van der Waals surface area contributed by atoms with Gasteiger partial charge in [-0.05, 0) is 18.2 Å². The van der Waals surface area contributed by atoms with Crippen LogP contribution in [-0.4, -0.2) is 15.9 Å². The number of benzene rings is 1. The van der Waals surface area contributed by atoms with Gasteiger partial charge >= 0.3 is 12.0 Å². The molecule has 0 aliphatic carbocycles. The maximum atomic E-state index is 13.5. The van der Waals surface area contributed by atoms with Crippen LogP contribution in [0.15, 0.2) is 53.2 Å². The number of carbonyl (C=O) groups is 1. The van der Waals surface area contributed by atoms with E-state index in [9.17, 15) is 18.0 Å². The van der Waals surface area contributed by atoms with E-state index in [1.54, 1.807) is 6.07 Å². The largest absolute Gasteiger partial charge is 0.458 e. The molecule has 9 heteroatoms. The van der Waals surface area contributed by atoms with Crippen LogP contribution in [-0.2, 0) is 23.8 Å². The van der Waals surface area contributed by atoms with Crippen LogP contribution in [0.2, 0.25) is 0 Å². The highest BCUT2D eigenvalue weighted by atomic mass is 19.3. The molecule has 0 saturated heterocycles. The molecule has 1 amide bonds. The summed E-state index contributed by atoms with van der Waals surface area (Å²) in [6, 6.07) is 8.60. The van der Waals surface area contributed by atoms with Crippen molar-refractivity contribution in [2.75, 3.05) is 5.32 Å². The van der Waals surface area contributed by atoms with E-state index in [1.807, 2.05) is 0 Å². The zero-order valence-electron chi connectivity index (χ0n) is 14.3. The molecular formula is C18H16F3N3O3. The van der Waals surface area contributed by atoms with Crippen molar-refractivity contribution in [3.63, 3.8) is 0 Å². The molecule has 1 N–H and O–H groups in total. The number of hydrogen-bond acceptors (Lipinski definition) is 4. The summed E-state index contributed by atoms with van der Waals surface area (Å²) in [5.74, 6) is -3.66. The van der Waals surface area contributed by atoms with Gasteiger partial charge in [0.25, 0.3) is 0 Å². The van der Waals surface area contributed by atoms with Crippen molar-refractivity contribution >= 4 is 11.8 Å². The molecule has 0 aliphatic heterocycles. The first-order valence-electron chi connectivity index (χ1n) is 7.98. The number of aromatic nitrogens is 2. The standard InChI is InChI=1S/C18H16F3N3O3/c1-18(20,21)16-7-6-14(27-16)10-24-9-13(8-22-24)23-17(25)26-11-12-4-2-3-5-15(12)19/h2-9H,10-11H2,1H3,(H,23,25). The Morgan fingerprint density at radius 1 is 1.30 bits per heavy atom. The third kappa shape index (κ3) is 4.90. The third-order valence-electron chi connectivity index (χ3n) is 3.61. The van der Waals surface area contributed by atoms with Crippen LogP contribution in [0.4, 0.5) is 23.7 Å². The maximum absolute atomic E-state index is 13.5. The number of carbonyl (C=O) groups excluding carboxylic acids is 1. The van der Waals surface area contributed by atoms with Gasteiger partial charge in [0.15, 0.2) is 5.76 Å². The number of amides is 1. The molecule has 0 radical (unpaired) electrons. The number of furan rings is 1. The van der Waals surface area contributed by atoms with E-state index in [2.05, 4.69) is 10.4 Å². The van der Waals surface area contributed by atoms with E-state index in [1.165, 1.54) is 47.4 Å². The van der Waals surface area contributed by atoms with E-state index in [0.717, 1.165) is 6.92 Å². The van der Waals surface area contributed by atoms with Gasteiger partial charge in [0, 0.05) is 18.7 Å². The molecule has 3 rings (SSSR count). The Kier molecular flexibility index (Phi) is 5.20. The second-order valence-corrected chi connectivity index (χ2v) is 5.87. The predicted octanol–water partition coefficient (Wildman–Crippen LogP) is 4.52. The number of anilines is 1. The smallest absolute Gasteiger partial charge is 0.412 e. The monoisotopic (exact) mass is 379 g/mol. The van der Waals surface area contributed by atoms with Gasteiger partial charge in [-0.15, -0.1) is 0 Å². The van der Waals surface area contributed by atoms with Gasteiger partial charge in [0.2, 0.25) is 0 Å². The van der Waals surface area contributed by atoms with E-state index in [4.69, 9.17) is 9.15 Å². The van der Waals surface area contributed by atoms with Crippen LogP contribution in [0.1, 0.15) is 24.0 Å². The fourth-order valence-corrected chi connectivity index (χ4v) is 2.29. The Hall–Kier alpha value is -3.23. The molecule has 0 atom stereocenters. The number of rotatable bonds is 6. The molecule has 1 aromatic carbocycles. The quantitative estimate of drug-likeness (QED) is 0.684. The van der Waals surface area contributed by atoms with Crippen LogP contribution >= 0.6 is 0 Å². The summed E-state index contributed by atoms with van der Waals surface area (Å²) < 4.78 is 51.3.